The highest BCUT2D eigenvalue weighted by atomic mass is 32.2. The van der Waals surface area contributed by atoms with E-state index < -0.39 is 28.9 Å². The van der Waals surface area contributed by atoms with Gasteiger partial charge in [0.25, 0.3) is 10.1 Å². The molecule has 68 valence electrons. The van der Waals surface area contributed by atoms with E-state index in [1.165, 1.54) is 0 Å². The van der Waals surface area contributed by atoms with Crippen molar-refractivity contribution in [2.24, 2.45) is 0 Å². The fourth-order valence-electron chi connectivity index (χ4n) is 0.188. The van der Waals surface area contributed by atoms with Gasteiger partial charge >= 0.3 is 6.18 Å². The minimum absolute atomic E-state index is 1.96. The van der Waals surface area contributed by atoms with E-state index in [0.717, 1.165) is 0 Å². The number of hydrogen-bond acceptors (Lipinski definition) is 3. The van der Waals surface area contributed by atoms with E-state index in [4.69, 9.17) is 0 Å². The van der Waals surface area contributed by atoms with Crippen molar-refractivity contribution >= 4 is 10.1 Å². The molecule has 0 aliphatic rings. The molecule has 0 amide bonds. The van der Waals surface area contributed by atoms with E-state index in [0.29, 0.717) is 0 Å². The Bertz CT molecular complexity index is 205. The summed E-state index contributed by atoms with van der Waals surface area (Å²) < 4.78 is 68.0. The van der Waals surface area contributed by atoms with Crippen LogP contribution in [-0.2, 0) is 14.3 Å². The van der Waals surface area contributed by atoms with Crippen LogP contribution in [0.25, 0.3) is 0 Å². The Morgan fingerprint density at radius 1 is 1.27 bits per heavy atom. The van der Waals surface area contributed by atoms with Crippen LogP contribution in [0.1, 0.15) is 0 Å². The van der Waals surface area contributed by atoms with Crippen LogP contribution in [0.4, 0.5) is 17.6 Å². The zero-order valence-corrected chi connectivity index (χ0v) is 5.88. The quantitative estimate of drug-likeness (QED) is 0.495. The summed E-state index contributed by atoms with van der Waals surface area (Å²) in [4.78, 5) is 0. The monoisotopic (exact) mass is 196 g/mol. The molecule has 0 radical (unpaired) electrons. The first-order valence-electron chi connectivity index (χ1n) is 2.27. The number of halogens is 4. The van der Waals surface area contributed by atoms with Gasteiger partial charge in [0.1, 0.15) is 0 Å². The normalized spacial score (nSPS) is 13.5. The van der Waals surface area contributed by atoms with E-state index >= 15 is 0 Å². The molecule has 0 bridgehead atoms. The Morgan fingerprint density at radius 3 is 2.00 bits per heavy atom. The second-order valence-electron chi connectivity index (χ2n) is 1.54. The number of hydrogen-bond donors (Lipinski definition) is 0. The van der Waals surface area contributed by atoms with Gasteiger partial charge in [-0.25, -0.2) is 4.39 Å². The summed E-state index contributed by atoms with van der Waals surface area (Å²) >= 11 is 0. The Kier molecular flexibility index (Phi) is 3.24. The van der Waals surface area contributed by atoms with Crippen molar-refractivity contribution in [3.8, 4) is 0 Å². The maximum atomic E-state index is 11.3. The van der Waals surface area contributed by atoms with E-state index in [9.17, 15) is 26.0 Å². The van der Waals surface area contributed by atoms with Crippen LogP contribution in [0, 0.1) is 0 Å². The minimum Gasteiger partial charge on any atom is -0.259 e. The molecule has 0 aliphatic carbocycles. The van der Waals surface area contributed by atoms with Crippen molar-refractivity contribution in [3.05, 3.63) is 0 Å². The van der Waals surface area contributed by atoms with Gasteiger partial charge < -0.3 is 0 Å². The van der Waals surface area contributed by atoms with Crippen LogP contribution in [0.2, 0.25) is 0 Å². The molecule has 0 heterocycles. The fraction of sp³-hybridized carbons (Fsp3) is 1.00. The lowest BCUT2D eigenvalue weighted by molar-refractivity contribution is -0.152. The maximum Gasteiger partial charge on any atom is 0.413 e. The number of alkyl halides is 4. The molecule has 0 spiro atoms. The zero-order valence-electron chi connectivity index (χ0n) is 5.06. The molecule has 0 unspecified atom stereocenters. The van der Waals surface area contributed by atoms with Crippen molar-refractivity contribution in [2.75, 3.05) is 12.6 Å². The Labute approximate surface area is 60.1 Å². The molecule has 0 atom stereocenters. The molecule has 0 saturated heterocycles. The van der Waals surface area contributed by atoms with Gasteiger partial charge in [0.2, 0.25) is 6.01 Å². The van der Waals surface area contributed by atoms with Gasteiger partial charge in [0.15, 0.2) is 6.61 Å². The van der Waals surface area contributed by atoms with Crippen LogP contribution < -0.4 is 0 Å². The molecule has 8 heteroatoms. The molecule has 0 fully saturated rings. The van der Waals surface area contributed by atoms with Crippen LogP contribution in [0.15, 0.2) is 0 Å². The van der Waals surface area contributed by atoms with Crippen LogP contribution in [0.3, 0.4) is 0 Å². The lowest BCUT2D eigenvalue weighted by Gasteiger charge is -2.04. The van der Waals surface area contributed by atoms with Crippen LogP contribution in [-0.4, -0.2) is 27.2 Å². The van der Waals surface area contributed by atoms with Gasteiger partial charge in [-0.15, -0.1) is 0 Å². The summed E-state index contributed by atoms with van der Waals surface area (Å²) in [5.41, 5.74) is 0. The van der Waals surface area contributed by atoms with Crippen LogP contribution in [0.5, 0.6) is 0 Å². The summed E-state index contributed by atoms with van der Waals surface area (Å²) in [5, 5.41) is 0. The zero-order chi connectivity index (χ0) is 9.12. The molecule has 0 aliphatic heterocycles. The first-order chi connectivity index (χ1) is 4.77. The third kappa shape index (κ3) is 6.05. The van der Waals surface area contributed by atoms with Gasteiger partial charge in [0.05, 0.1) is 0 Å². The maximum absolute atomic E-state index is 11.3. The highest BCUT2D eigenvalue weighted by Crippen LogP contribution is 2.15. The highest BCUT2D eigenvalue weighted by molar-refractivity contribution is 7.86. The van der Waals surface area contributed by atoms with Crippen molar-refractivity contribution < 1.29 is 30.2 Å². The van der Waals surface area contributed by atoms with E-state index in [-0.39, 0.29) is 0 Å². The average Bonchev–Trinajstić information content (AvgIpc) is 1.83. The summed E-state index contributed by atoms with van der Waals surface area (Å²) in [6, 6.07) is -1.96. The largest absolute Gasteiger partial charge is 0.413 e. The summed E-state index contributed by atoms with van der Waals surface area (Å²) in [6.07, 6.45) is -4.76. The molecule has 0 rings (SSSR count). The van der Waals surface area contributed by atoms with Gasteiger partial charge in [-0.05, 0) is 0 Å². The lowest BCUT2D eigenvalue weighted by atomic mass is 10.7. The average molecular weight is 196 g/mol. The molecule has 0 N–H and O–H groups in total. The van der Waals surface area contributed by atoms with Crippen molar-refractivity contribution in [2.45, 2.75) is 6.18 Å². The predicted octanol–water partition coefficient (Wildman–Crippen LogP) is 0.822. The Morgan fingerprint density at radius 2 is 1.73 bits per heavy atom. The van der Waals surface area contributed by atoms with Crippen LogP contribution >= 0.6 is 0 Å². The third-order valence-corrected chi connectivity index (χ3v) is 1.28. The topological polar surface area (TPSA) is 43.4 Å². The minimum atomic E-state index is -4.76. The van der Waals surface area contributed by atoms with Gasteiger partial charge in [-0.2, -0.15) is 21.6 Å². The SMILES string of the molecule is O=S(=O)(CF)OCC(F)(F)F. The first-order valence-corrected chi connectivity index (χ1v) is 3.84. The number of rotatable bonds is 3. The fourth-order valence-corrected chi connectivity index (χ4v) is 0.564. The molecular formula is C3H4F4O3S. The smallest absolute Gasteiger partial charge is 0.259 e. The molecule has 0 saturated carbocycles. The summed E-state index contributed by atoms with van der Waals surface area (Å²) in [6.45, 7) is -1.99. The molecule has 11 heavy (non-hydrogen) atoms. The van der Waals surface area contributed by atoms with Gasteiger partial charge in [-0.1, -0.05) is 0 Å². The molecule has 0 aromatic heterocycles. The van der Waals surface area contributed by atoms with E-state index in [2.05, 4.69) is 4.18 Å². The standard InChI is InChI=1S/C3H4F4O3S/c4-2-11(8,9)10-1-3(5,6)7/h1-2H2. The third-order valence-electron chi connectivity index (χ3n) is 0.536. The predicted molar refractivity (Wildman–Crippen MR) is 26.9 cm³/mol. The van der Waals surface area contributed by atoms with Crippen molar-refractivity contribution in [1.82, 2.24) is 0 Å². The van der Waals surface area contributed by atoms with Crippen molar-refractivity contribution in [3.63, 3.8) is 0 Å². The molecular weight excluding hydrogens is 192 g/mol. The Balaban J connectivity index is 3.91. The van der Waals surface area contributed by atoms with Crippen molar-refractivity contribution in [1.29, 1.82) is 0 Å². The highest BCUT2D eigenvalue weighted by Gasteiger charge is 2.30. The second-order valence-corrected chi connectivity index (χ2v) is 3.11. The lowest BCUT2D eigenvalue weighted by Crippen LogP contribution is -2.21. The van der Waals surface area contributed by atoms with E-state index in [1.54, 1.807) is 0 Å². The van der Waals surface area contributed by atoms with Gasteiger partial charge in [0, 0.05) is 0 Å². The Hall–Kier alpha value is -0.370. The molecule has 0 aromatic rings. The first kappa shape index (κ1) is 10.6. The van der Waals surface area contributed by atoms with Gasteiger partial charge in [-0.3, -0.25) is 4.18 Å². The summed E-state index contributed by atoms with van der Waals surface area (Å²) in [7, 11) is -4.64. The molecule has 3 nitrogen and oxygen atoms in total. The summed E-state index contributed by atoms with van der Waals surface area (Å²) in [5.74, 6) is 0. The van der Waals surface area contributed by atoms with E-state index in [1.807, 2.05) is 0 Å². The molecule has 0 aromatic carbocycles. The second kappa shape index (κ2) is 3.35.